The topological polar surface area (TPSA) is 105 Å². The standard InChI is InChI=1S/C15H15N3O3/c1-15(14(20)21,11-5-3-2-4-6-11)18-12-8-7-10(9-17-12)13(16)19/h2-9H,1H3,(H2,16,19)(H,17,18)(H,20,21). The predicted molar refractivity (Wildman–Crippen MR) is 77.8 cm³/mol. The largest absolute Gasteiger partial charge is 0.479 e. The number of anilines is 1. The molecule has 0 saturated heterocycles. The maximum absolute atomic E-state index is 11.6. The molecular formula is C15H15N3O3. The summed E-state index contributed by atoms with van der Waals surface area (Å²) in [6.45, 7) is 1.55. The molecule has 6 heteroatoms. The summed E-state index contributed by atoms with van der Waals surface area (Å²) in [6.07, 6.45) is 1.30. The number of hydrogen-bond donors (Lipinski definition) is 3. The van der Waals surface area contributed by atoms with Crippen LogP contribution in [0.3, 0.4) is 0 Å². The number of pyridine rings is 1. The molecule has 2 rings (SSSR count). The van der Waals surface area contributed by atoms with Gasteiger partial charge in [-0.1, -0.05) is 30.3 Å². The minimum absolute atomic E-state index is 0.261. The number of aromatic nitrogens is 1. The van der Waals surface area contributed by atoms with E-state index in [0.717, 1.165) is 0 Å². The van der Waals surface area contributed by atoms with Gasteiger partial charge in [-0.05, 0) is 24.6 Å². The molecule has 0 radical (unpaired) electrons. The number of nitrogens with zero attached hydrogens (tertiary/aromatic N) is 1. The molecule has 1 amide bonds. The van der Waals surface area contributed by atoms with Crippen LogP contribution in [0.15, 0.2) is 48.7 Å². The number of carboxylic acids is 1. The average Bonchev–Trinajstić information content (AvgIpc) is 2.48. The summed E-state index contributed by atoms with van der Waals surface area (Å²) in [5, 5.41) is 12.4. The van der Waals surface area contributed by atoms with E-state index in [4.69, 9.17) is 5.73 Å². The summed E-state index contributed by atoms with van der Waals surface area (Å²) in [4.78, 5) is 26.6. The van der Waals surface area contributed by atoms with Crippen molar-refractivity contribution in [1.82, 2.24) is 4.98 Å². The predicted octanol–water partition coefficient (Wildman–Crippen LogP) is 1.59. The fourth-order valence-electron chi connectivity index (χ4n) is 1.89. The molecule has 1 heterocycles. The van der Waals surface area contributed by atoms with Gasteiger partial charge in [0.05, 0.1) is 5.56 Å². The Labute approximate surface area is 121 Å². The van der Waals surface area contributed by atoms with Gasteiger partial charge >= 0.3 is 5.97 Å². The van der Waals surface area contributed by atoms with Crippen molar-refractivity contribution in [2.24, 2.45) is 5.73 Å². The molecule has 0 bridgehead atoms. The Bertz CT molecular complexity index is 656. The highest BCUT2D eigenvalue weighted by Crippen LogP contribution is 2.25. The zero-order valence-corrected chi connectivity index (χ0v) is 11.4. The Hall–Kier alpha value is -2.89. The normalized spacial score (nSPS) is 13.2. The summed E-state index contributed by atoms with van der Waals surface area (Å²) in [5.41, 5.74) is 4.66. The third-order valence-electron chi connectivity index (χ3n) is 3.20. The van der Waals surface area contributed by atoms with Crippen molar-refractivity contribution >= 4 is 17.7 Å². The van der Waals surface area contributed by atoms with Crippen molar-refractivity contribution in [3.05, 3.63) is 59.8 Å². The first kappa shape index (κ1) is 14.5. The molecule has 0 aliphatic heterocycles. The van der Waals surface area contributed by atoms with Crippen LogP contribution in [0, 0.1) is 0 Å². The second-order valence-corrected chi connectivity index (χ2v) is 4.72. The van der Waals surface area contributed by atoms with Crippen LogP contribution in [0.5, 0.6) is 0 Å². The van der Waals surface area contributed by atoms with Gasteiger partial charge in [0.2, 0.25) is 5.91 Å². The lowest BCUT2D eigenvalue weighted by Gasteiger charge is -2.27. The summed E-state index contributed by atoms with van der Waals surface area (Å²) >= 11 is 0. The van der Waals surface area contributed by atoms with E-state index in [1.807, 2.05) is 6.07 Å². The lowest BCUT2D eigenvalue weighted by Crippen LogP contribution is -2.40. The van der Waals surface area contributed by atoms with Crippen LogP contribution >= 0.6 is 0 Å². The number of aliphatic carboxylic acids is 1. The van der Waals surface area contributed by atoms with E-state index in [1.54, 1.807) is 31.2 Å². The molecule has 0 aliphatic carbocycles. The van der Waals surface area contributed by atoms with Gasteiger partial charge in [-0.2, -0.15) is 0 Å². The molecule has 2 aromatic rings. The van der Waals surface area contributed by atoms with Crippen LogP contribution in [0.2, 0.25) is 0 Å². The quantitative estimate of drug-likeness (QED) is 0.773. The van der Waals surface area contributed by atoms with Crippen LogP contribution in [0.25, 0.3) is 0 Å². The third-order valence-corrected chi connectivity index (χ3v) is 3.20. The smallest absolute Gasteiger partial charge is 0.333 e. The zero-order chi connectivity index (χ0) is 15.5. The van der Waals surface area contributed by atoms with E-state index < -0.39 is 17.4 Å². The molecule has 1 aromatic heterocycles. The highest BCUT2D eigenvalue weighted by molar-refractivity contribution is 5.92. The van der Waals surface area contributed by atoms with E-state index in [2.05, 4.69) is 10.3 Å². The fourth-order valence-corrected chi connectivity index (χ4v) is 1.89. The minimum atomic E-state index is -1.33. The Morgan fingerprint density at radius 3 is 2.33 bits per heavy atom. The second kappa shape index (κ2) is 5.62. The number of rotatable bonds is 5. The first-order chi connectivity index (χ1) is 9.93. The van der Waals surface area contributed by atoms with Crippen molar-refractivity contribution in [3.63, 3.8) is 0 Å². The number of primary amides is 1. The third kappa shape index (κ3) is 3.00. The molecule has 4 N–H and O–H groups in total. The molecule has 6 nitrogen and oxygen atoms in total. The van der Waals surface area contributed by atoms with Gasteiger partial charge in [0.15, 0.2) is 5.54 Å². The Balaban J connectivity index is 2.33. The molecule has 0 saturated carbocycles. The highest BCUT2D eigenvalue weighted by Gasteiger charge is 2.35. The molecule has 21 heavy (non-hydrogen) atoms. The van der Waals surface area contributed by atoms with Gasteiger partial charge in [-0.15, -0.1) is 0 Å². The van der Waals surface area contributed by atoms with Gasteiger partial charge in [0.1, 0.15) is 5.82 Å². The summed E-state index contributed by atoms with van der Waals surface area (Å²) in [7, 11) is 0. The SMILES string of the molecule is CC(Nc1ccc(C(N)=O)cn1)(C(=O)O)c1ccccc1. The summed E-state index contributed by atoms with van der Waals surface area (Å²) in [6, 6.07) is 11.8. The maximum atomic E-state index is 11.6. The number of nitrogens with two attached hydrogens (primary N) is 1. The summed E-state index contributed by atoms with van der Waals surface area (Å²) < 4.78 is 0. The average molecular weight is 285 g/mol. The highest BCUT2D eigenvalue weighted by atomic mass is 16.4. The van der Waals surface area contributed by atoms with Crippen molar-refractivity contribution in [2.45, 2.75) is 12.5 Å². The van der Waals surface area contributed by atoms with E-state index in [1.165, 1.54) is 18.3 Å². The summed E-state index contributed by atoms with van der Waals surface area (Å²) in [5.74, 6) is -1.28. The Kier molecular flexibility index (Phi) is 3.89. The van der Waals surface area contributed by atoms with Gasteiger partial charge < -0.3 is 16.2 Å². The van der Waals surface area contributed by atoms with Crippen molar-refractivity contribution in [1.29, 1.82) is 0 Å². The van der Waals surface area contributed by atoms with Crippen molar-refractivity contribution in [3.8, 4) is 0 Å². The first-order valence-electron chi connectivity index (χ1n) is 6.26. The van der Waals surface area contributed by atoms with E-state index in [0.29, 0.717) is 11.4 Å². The van der Waals surface area contributed by atoms with Crippen molar-refractivity contribution < 1.29 is 14.7 Å². The van der Waals surface area contributed by atoms with Gasteiger partial charge in [-0.25, -0.2) is 9.78 Å². The molecule has 0 spiro atoms. The number of carbonyl (C=O) groups excluding carboxylic acids is 1. The van der Waals surface area contributed by atoms with Crippen LogP contribution in [-0.4, -0.2) is 22.0 Å². The number of carbonyl (C=O) groups is 2. The maximum Gasteiger partial charge on any atom is 0.333 e. The minimum Gasteiger partial charge on any atom is -0.479 e. The Morgan fingerprint density at radius 2 is 1.86 bits per heavy atom. The number of nitrogens with one attached hydrogen (secondary N) is 1. The first-order valence-corrected chi connectivity index (χ1v) is 6.26. The van der Waals surface area contributed by atoms with Crippen LogP contribution in [0.1, 0.15) is 22.8 Å². The van der Waals surface area contributed by atoms with E-state index in [9.17, 15) is 14.7 Å². The molecule has 1 aromatic carbocycles. The van der Waals surface area contributed by atoms with Crippen LogP contribution < -0.4 is 11.1 Å². The number of amides is 1. The zero-order valence-electron chi connectivity index (χ0n) is 11.4. The van der Waals surface area contributed by atoms with E-state index in [-0.39, 0.29) is 5.56 Å². The molecule has 1 unspecified atom stereocenters. The lowest BCUT2D eigenvalue weighted by atomic mass is 9.92. The molecular weight excluding hydrogens is 270 g/mol. The molecule has 0 aliphatic rings. The fraction of sp³-hybridized carbons (Fsp3) is 0.133. The van der Waals surface area contributed by atoms with Gasteiger partial charge in [0.25, 0.3) is 0 Å². The number of carboxylic acid groups (broad SMARTS) is 1. The van der Waals surface area contributed by atoms with Gasteiger partial charge in [0, 0.05) is 6.20 Å². The lowest BCUT2D eigenvalue weighted by molar-refractivity contribution is -0.142. The van der Waals surface area contributed by atoms with Crippen LogP contribution in [0.4, 0.5) is 5.82 Å². The number of hydrogen-bond acceptors (Lipinski definition) is 4. The molecule has 108 valence electrons. The number of benzene rings is 1. The van der Waals surface area contributed by atoms with E-state index >= 15 is 0 Å². The van der Waals surface area contributed by atoms with Crippen LogP contribution in [-0.2, 0) is 10.3 Å². The van der Waals surface area contributed by atoms with Crippen molar-refractivity contribution in [2.75, 3.05) is 5.32 Å². The second-order valence-electron chi connectivity index (χ2n) is 4.72. The molecule has 1 atom stereocenters. The van der Waals surface area contributed by atoms with Gasteiger partial charge in [-0.3, -0.25) is 4.79 Å². The Morgan fingerprint density at radius 1 is 1.19 bits per heavy atom. The molecule has 0 fully saturated rings. The monoisotopic (exact) mass is 285 g/mol.